The molecular weight excluding hydrogens is 412 g/mol. The van der Waals surface area contributed by atoms with Crippen molar-refractivity contribution in [3.8, 4) is 0 Å². The van der Waals surface area contributed by atoms with Gasteiger partial charge in [0.2, 0.25) is 11.8 Å². The summed E-state index contributed by atoms with van der Waals surface area (Å²) in [6.45, 7) is 2.22. The van der Waals surface area contributed by atoms with Crippen LogP contribution in [0.2, 0.25) is 0 Å². The van der Waals surface area contributed by atoms with Crippen molar-refractivity contribution < 1.29 is 29.4 Å². The van der Waals surface area contributed by atoms with E-state index in [1.807, 2.05) is 0 Å². The fourth-order valence-electron chi connectivity index (χ4n) is 6.33. The van der Waals surface area contributed by atoms with Crippen LogP contribution < -0.4 is 10.6 Å². The third-order valence-corrected chi connectivity index (χ3v) is 8.36. The first-order chi connectivity index (χ1) is 15.2. The van der Waals surface area contributed by atoms with Crippen LogP contribution in [0.15, 0.2) is 0 Å². The summed E-state index contributed by atoms with van der Waals surface area (Å²) >= 11 is 0. The highest BCUT2D eigenvalue weighted by Gasteiger charge is 2.46. The number of carboxylic acid groups (broad SMARTS) is 2. The molecule has 8 nitrogen and oxygen atoms in total. The number of aliphatic carboxylic acids is 2. The molecular formula is C24H38N2O6. The van der Waals surface area contributed by atoms with E-state index in [4.69, 9.17) is 0 Å². The molecule has 4 N–H and O–H groups in total. The summed E-state index contributed by atoms with van der Waals surface area (Å²) in [6.07, 6.45) is 7.29. The number of rotatable bonds is 6. The zero-order chi connectivity index (χ0) is 23.4. The van der Waals surface area contributed by atoms with Crippen molar-refractivity contribution in [2.45, 2.75) is 77.2 Å². The van der Waals surface area contributed by atoms with Crippen molar-refractivity contribution in [3.05, 3.63) is 0 Å². The summed E-state index contributed by atoms with van der Waals surface area (Å²) in [5.74, 6) is -3.83. The summed E-state index contributed by atoms with van der Waals surface area (Å²) in [4.78, 5) is 49.0. The number of carbonyl (C=O) groups is 4. The smallest absolute Gasteiger partial charge is 0.307 e. The molecule has 6 unspecified atom stereocenters. The number of nitrogens with one attached hydrogen (secondary N) is 2. The second kappa shape index (κ2) is 10.7. The lowest BCUT2D eigenvalue weighted by Gasteiger charge is -2.42. The molecule has 0 saturated heterocycles. The summed E-state index contributed by atoms with van der Waals surface area (Å²) in [7, 11) is 1.52. The fourth-order valence-corrected chi connectivity index (χ4v) is 6.33. The van der Waals surface area contributed by atoms with Crippen molar-refractivity contribution in [2.75, 3.05) is 7.05 Å². The predicted molar refractivity (Wildman–Crippen MR) is 118 cm³/mol. The van der Waals surface area contributed by atoms with Crippen LogP contribution in [0.1, 0.15) is 71.1 Å². The van der Waals surface area contributed by atoms with Gasteiger partial charge in [0.05, 0.1) is 23.7 Å². The average Bonchev–Trinajstić information content (AvgIpc) is 2.79. The van der Waals surface area contributed by atoms with Crippen molar-refractivity contribution in [3.63, 3.8) is 0 Å². The molecule has 0 aromatic carbocycles. The fraction of sp³-hybridized carbons (Fsp3) is 0.833. The number of carboxylic acids is 2. The van der Waals surface area contributed by atoms with Gasteiger partial charge in [0, 0.05) is 13.1 Å². The van der Waals surface area contributed by atoms with Crippen LogP contribution in [0.4, 0.5) is 0 Å². The van der Waals surface area contributed by atoms with Crippen molar-refractivity contribution in [1.82, 2.24) is 10.6 Å². The number of hydrogen-bond donors (Lipinski definition) is 4. The van der Waals surface area contributed by atoms with Crippen LogP contribution >= 0.6 is 0 Å². The zero-order valence-electron chi connectivity index (χ0n) is 19.2. The third kappa shape index (κ3) is 5.62. The first kappa shape index (κ1) is 24.5. The van der Waals surface area contributed by atoms with E-state index in [1.165, 1.54) is 7.05 Å². The van der Waals surface area contributed by atoms with Gasteiger partial charge in [-0.3, -0.25) is 19.2 Å². The minimum atomic E-state index is -0.939. The second-order valence-electron chi connectivity index (χ2n) is 10.3. The Morgan fingerprint density at radius 2 is 1.12 bits per heavy atom. The molecule has 0 aromatic heterocycles. The Kier molecular flexibility index (Phi) is 8.17. The van der Waals surface area contributed by atoms with Crippen molar-refractivity contribution in [2.24, 2.45) is 41.4 Å². The van der Waals surface area contributed by atoms with Gasteiger partial charge in [-0.05, 0) is 82.0 Å². The maximum absolute atomic E-state index is 13.1. The van der Waals surface area contributed by atoms with Crippen LogP contribution in [0.25, 0.3) is 0 Å². The van der Waals surface area contributed by atoms with Crippen molar-refractivity contribution in [1.29, 1.82) is 0 Å². The molecule has 3 rings (SSSR count). The summed E-state index contributed by atoms with van der Waals surface area (Å²) in [5.41, 5.74) is 0. The normalized spacial score (nSPS) is 37.8. The van der Waals surface area contributed by atoms with Crippen LogP contribution in [-0.2, 0) is 19.2 Å². The molecule has 3 saturated carbocycles. The average molecular weight is 451 g/mol. The molecule has 3 fully saturated rings. The quantitative estimate of drug-likeness (QED) is 0.492. The molecule has 0 aliphatic heterocycles. The van der Waals surface area contributed by atoms with Gasteiger partial charge in [-0.1, -0.05) is 6.92 Å². The number of amides is 2. The van der Waals surface area contributed by atoms with Gasteiger partial charge in [-0.15, -0.1) is 0 Å². The van der Waals surface area contributed by atoms with E-state index in [1.54, 1.807) is 0 Å². The first-order valence-electron chi connectivity index (χ1n) is 12.2. The van der Waals surface area contributed by atoms with Crippen LogP contribution in [0, 0.1) is 41.4 Å². The molecule has 0 radical (unpaired) electrons. The van der Waals surface area contributed by atoms with Gasteiger partial charge >= 0.3 is 11.9 Å². The SMILES string of the molecule is CNC(=O)C1CC(C2CCC(C(=O)O)C(C(=O)NC3CCC(C)CC3)C2)CCC1C(=O)O. The minimum absolute atomic E-state index is 0.122. The lowest BCUT2D eigenvalue weighted by atomic mass is 9.63. The number of carbonyl (C=O) groups excluding carboxylic acids is 2. The largest absolute Gasteiger partial charge is 0.481 e. The highest BCUT2D eigenvalue weighted by molar-refractivity contribution is 5.85. The summed E-state index contributed by atoms with van der Waals surface area (Å²) in [5, 5.41) is 25.0. The van der Waals surface area contributed by atoms with E-state index < -0.39 is 35.6 Å². The van der Waals surface area contributed by atoms with Gasteiger partial charge in [-0.25, -0.2) is 0 Å². The second-order valence-corrected chi connectivity index (χ2v) is 10.3. The van der Waals surface area contributed by atoms with Crippen LogP contribution in [-0.4, -0.2) is 47.1 Å². The Labute approximate surface area is 189 Å². The van der Waals surface area contributed by atoms with E-state index in [0.29, 0.717) is 44.4 Å². The molecule has 3 aliphatic rings. The predicted octanol–water partition coefficient (Wildman–Crippen LogP) is 2.66. The molecule has 2 amide bonds. The highest BCUT2D eigenvalue weighted by atomic mass is 16.4. The van der Waals surface area contributed by atoms with E-state index in [2.05, 4.69) is 17.6 Å². The Bertz CT molecular complexity index is 717. The highest BCUT2D eigenvalue weighted by Crippen LogP contribution is 2.45. The Balaban J connectivity index is 1.68. The van der Waals surface area contributed by atoms with Gasteiger partial charge in [0.15, 0.2) is 0 Å². The third-order valence-electron chi connectivity index (χ3n) is 8.36. The van der Waals surface area contributed by atoms with Gasteiger partial charge in [0.25, 0.3) is 0 Å². The Hall–Kier alpha value is -2.12. The van der Waals surface area contributed by atoms with Crippen LogP contribution in [0.3, 0.4) is 0 Å². The summed E-state index contributed by atoms with van der Waals surface area (Å²) < 4.78 is 0. The molecule has 0 aromatic rings. The molecule has 0 bridgehead atoms. The molecule has 0 spiro atoms. The molecule has 6 atom stereocenters. The Morgan fingerprint density at radius 3 is 1.56 bits per heavy atom. The molecule has 32 heavy (non-hydrogen) atoms. The summed E-state index contributed by atoms with van der Waals surface area (Å²) in [6, 6.07) is 0.122. The van der Waals surface area contributed by atoms with Gasteiger partial charge in [0.1, 0.15) is 0 Å². The first-order valence-corrected chi connectivity index (χ1v) is 12.2. The molecule has 180 valence electrons. The molecule has 0 heterocycles. The molecule has 8 heteroatoms. The topological polar surface area (TPSA) is 133 Å². The van der Waals surface area contributed by atoms with Gasteiger partial charge in [-0.2, -0.15) is 0 Å². The minimum Gasteiger partial charge on any atom is -0.481 e. The van der Waals surface area contributed by atoms with Crippen molar-refractivity contribution >= 4 is 23.8 Å². The van der Waals surface area contributed by atoms with E-state index >= 15 is 0 Å². The maximum Gasteiger partial charge on any atom is 0.307 e. The van der Waals surface area contributed by atoms with E-state index in [0.717, 1.165) is 25.7 Å². The van der Waals surface area contributed by atoms with E-state index in [-0.39, 0.29) is 29.7 Å². The Morgan fingerprint density at radius 1 is 0.656 bits per heavy atom. The van der Waals surface area contributed by atoms with E-state index in [9.17, 15) is 29.4 Å². The maximum atomic E-state index is 13.1. The standard InChI is InChI=1S/C24H38N2O6/c1-13-3-7-16(8-4-13)26-22(28)20-12-15(6-10-18(20)24(31)32)14-5-9-17(23(29)30)19(11-14)21(27)25-2/h13-20H,3-12H2,1-2H3,(H,25,27)(H,26,28)(H,29,30)(H,31,32). The lowest BCUT2D eigenvalue weighted by molar-refractivity contribution is -0.152. The lowest BCUT2D eigenvalue weighted by Crippen LogP contribution is -2.47. The number of hydrogen-bond acceptors (Lipinski definition) is 4. The monoisotopic (exact) mass is 450 g/mol. The molecule has 3 aliphatic carbocycles. The van der Waals surface area contributed by atoms with Crippen LogP contribution in [0.5, 0.6) is 0 Å². The zero-order valence-corrected chi connectivity index (χ0v) is 19.2. The van der Waals surface area contributed by atoms with Gasteiger partial charge < -0.3 is 20.8 Å².